The van der Waals surface area contributed by atoms with Gasteiger partial charge in [0.2, 0.25) is 5.91 Å². The second kappa shape index (κ2) is 9.30. The molecule has 2 rings (SSSR count). The largest absolute Gasteiger partial charge is 0.374 e. The predicted octanol–water partition coefficient (Wildman–Crippen LogP) is 2.56. The maximum Gasteiger partial charge on any atom is 0.230 e. The molecular weight excluding hydrogens is 308 g/mol. The lowest BCUT2D eigenvalue weighted by Gasteiger charge is -2.33. The number of hydrogen-bond donors (Lipinski definition) is 1. The van der Waals surface area contributed by atoms with Gasteiger partial charge in [-0.2, -0.15) is 0 Å². The third kappa shape index (κ3) is 6.94. The fourth-order valence-electron chi connectivity index (χ4n) is 2.72. The Balaban J connectivity index is 1.67. The Morgan fingerprint density at radius 3 is 3.04 bits per heavy atom. The summed E-state index contributed by atoms with van der Waals surface area (Å²) in [5.74, 6) is 1.18. The summed E-state index contributed by atoms with van der Waals surface area (Å²) < 4.78 is 5.76. The fourth-order valence-corrected chi connectivity index (χ4v) is 3.56. The summed E-state index contributed by atoms with van der Waals surface area (Å²) in [6.07, 6.45) is 0.107. The molecule has 1 unspecified atom stereocenters. The van der Waals surface area contributed by atoms with Crippen LogP contribution in [-0.2, 0) is 9.53 Å². The van der Waals surface area contributed by atoms with Crippen LogP contribution in [0.3, 0.4) is 0 Å². The van der Waals surface area contributed by atoms with E-state index in [1.807, 2.05) is 12.1 Å². The van der Waals surface area contributed by atoms with Crippen molar-refractivity contribution in [2.24, 2.45) is 5.92 Å². The van der Waals surface area contributed by atoms with Gasteiger partial charge in [0, 0.05) is 31.1 Å². The molecule has 1 aliphatic heterocycles. The van der Waals surface area contributed by atoms with E-state index in [4.69, 9.17) is 4.74 Å². The van der Waals surface area contributed by atoms with Gasteiger partial charge in [0.05, 0.1) is 18.5 Å². The summed E-state index contributed by atoms with van der Waals surface area (Å²) in [5.41, 5.74) is 1.22. The number of amides is 1. The monoisotopic (exact) mass is 336 g/mol. The van der Waals surface area contributed by atoms with Crippen LogP contribution in [0.5, 0.6) is 0 Å². The molecule has 1 saturated heterocycles. The number of aryl methyl sites for hydroxylation is 1. The van der Waals surface area contributed by atoms with E-state index in [1.165, 1.54) is 5.56 Å². The van der Waals surface area contributed by atoms with Gasteiger partial charge >= 0.3 is 0 Å². The molecule has 1 N–H and O–H groups in total. The maximum atomic E-state index is 12.0. The Labute approximate surface area is 144 Å². The predicted molar refractivity (Wildman–Crippen MR) is 95.9 cm³/mol. The van der Waals surface area contributed by atoms with Gasteiger partial charge in [-0.1, -0.05) is 31.5 Å². The first-order valence-corrected chi connectivity index (χ1v) is 9.31. The highest BCUT2D eigenvalue weighted by Crippen LogP contribution is 2.18. The third-order valence-corrected chi connectivity index (χ3v) is 4.73. The minimum absolute atomic E-state index is 0.0705. The third-order valence-electron chi connectivity index (χ3n) is 3.73. The average Bonchev–Trinajstić information content (AvgIpc) is 2.51. The van der Waals surface area contributed by atoms with Gasteiger partial charge in [-0.3, -0.25) is 9.69 Å². The molecule has 0 aromatic heterocycles. The van der Waals surface area contributed by atoms with Crippen molar-refractivity contribution in [3.05, 3.63) is 29.8 Å². The Hall–Kier alpha value is -1.04. The molecule has 23 heavy (non-hydrogen) atoms. The molecule has 0 saturated carbocycles. The number of nitrogens with zero attached hydrogens (tertiary/aromatic N) is 1. The molecule has 0 bridgehead atoms. The summed E-state index contributed by atoms with van der Waals surface area (Å²) in [5, 5.41) is 3.00. The molecule has 0 radical (unpaired) electrons. The van der Waals surface area contributed by atoms with Gasteiger partial charge in [-0.15, -0.1) is 11.8 Å². The zero-order valence-electron chi connectivity index (χ0n) is 14.4. The first-order valence-electron chi connectivity index (χ1n) is 8.33. The van der Waals surface area contributed by atoms with Crippen LogP contribution in [0, 0.1) is 12.8 Å². The van der Waals surface area contributed by atoms with Crippen molar-refractivity contribution in [1.29, 1.82) is 0 Å². The van der Waals surface area contributed by atoms with E-state index in [9.17, 15) is 4.79 Å². The van der Waals surface area contributed by atoms with Crippen LogP contribution in [0.4, 0.5) is 0 Å². The fraction of sp³-hybridized carbons (Fsp3) is 0.611. The molecule has 5 heteroatoms. The number of rotatable bonds is 7. The van der Waals surface area contributed by atoms with E-state index < -0.39 is 0 Å². The number of morpholine rings is 1. The number of ether oxygens (including phenoxy) is 1. The Kier molecular flexibility index (Phi) is 7.40. The quantitative estimate of drug-likeness (QED) is 0.777. The molecule has 1 aromatic carbocycles. The molecule has 1 aromatic rings. The van der Waals surface area contributed by atoms with Gasteiger partial charge in [-0.25, -0.2) is 0 Å². The number of hydrogen-bond acceptors (Lipinski definition) is 4. The number of benzene rings is 1. The highest BCUT2D eigenvalue weighted by molar-refractivity contribution is 8.00. The normalized spacial score (nSPS) is 19.0. The van der Waals surface area contributed by atoms with E-state index in [0.717, 1.165) is 31.1 Å². The molecule has 0 spiro atoms. The second-order valence-electron chi connectivity index (χ2n) is 6.56. The van der Waals surface area contributed by atoms with Crippen molar-refractivity contribution in [3.8, 4) is 0 Å². The smallest absolute Gasteiger partial charge is 0.230 e. The van der Waals surface area contributed by atoms with Crippen molar-refractivity contribution in [1.82, 2.24) is 10.2 Å². The SMILES string of the molecule is Cc1cccc(SCC(=O)NCC2CN(CC(C)C)CCO2)c1. The highest BCUT2D eigenvalue weighted by Gasteiger charge is 2.21. The average molecular weight is 337 g/mol. The molecule has 1 aliphatic rings. The van der Waals surface area contributed by atoms with E-state index in [1.54, 1.807) is 11.8 Å². The first kappa shape index (κ1) is 18.3. The van der Waals surface area contributed by atoms with E-state index in [0.29, 0.717) is 18.2 Å². The number of carbonyl (C=O) groups excluding carboxylic acids is 1. The lowest BCUT2D eigenvalue weighted by atomic mass is 10.2. The summed E-state index contributed by atoms with van der Waals surface area (Å²) in [7, 11) is 0. The van der Waals surface area contributed by atoms with Gasteiger partial charge in [0.1, 0.15) is 0 Å². The Morgan fingerprint density at radius 1 is 1.48 bits per heavy atom. The van der Waals surface area contributed by atoms with Crippen molar-refractivity contribution in [2.45, 2.75) is 31.8 Å². The van der Waals surface area contributed by atoms with Gasteiger partial charge in [0.15, 0.2) is 0 Å². The van der Waals surface area contributed by atoms with E-state index in [-0.39, 0.29) is 12.0 Å². The summed E-state index contributed by atoms with van der Waals surface area (Å²) in [4.78, 5) is 15.6. The molecular formula is C18H28N2O2S. The van der Waals surface area contributed by atoms with Gasteiger partial charge in [0.25, 0.3) is 0 Å². The minimum Gasteiger partial charge on any atom is -0.374 e. The molecule has 1 fully saturated rings. The lowest BCUT2D eigenvalue weighted by Crippen LogP contribution is -2.48. The number of thioether (sulfide) groups is 1. The van der Waals surface area contributed by atoms with Crippen LogP contribution in [0.25, 0.3) is 0 Å². The van der Waals surface area contributed by atoms with Crippen LogP contribution in [0.15, 0.2) is 29.2 Å². The van der Waals surface area contributed by atoms with Crippen molar-refractivity contribution in [2.75, 3.05) is 38.5 Å². The lowest BCUT2D eigenvalue weighted by molar-refractivity contribution is -0.119. The standard InChI is InChI=1S/C18H28N2O2S/c1-14(2)11-20-7-8-22-16(12-20)10-19-18(21)13-23-17-6-4-5-15(3)9-17/h4-6,9,14,16H,7-8,10-13H2,1-3H3,(H,19,21). The van der Waals surface area contributed by atoms with Crippen LogP contribution < -0.4 is 5.32 Å². The molecule has 0 aliphatic carbocycles. The molecule has 1 heterocycles. The van der Waals surface area contributed by atoms with E-state index >= 15 is 0 Å². The van der Waals surface area contributed by atoms with Crippen molar-refractivity contribution in [3.63, 3.8) is 0 Å². The van der Waals surface area contributed by atoms with Crippen LogP contribution >= 0.6 is 11.8 Å². The van der Waals surface area contributed by atoms with Crippen LogP contribution in [0.1, 0.15) is 19.4 Å². The molecule has 1 atom stereocenters. The van der Waals surface area contributed by atoms with Crippen molar-refractivity contribution < 1.29 is 9.53 Å². The van der Waals surface area contributed by atoms with Gasteiger partial charge < -0.3 is 10.1 Å². The number of carbonyl (C=O) groups is 1. The van der Waals surface area contributed by atoms with Crippen molar-refractivity contribution >= 4 is 17.7 Å². The molecule has 4 nitrogen and oxygen atoms in total. The zero-order chi connectivity index (χ0) is 16.7. The molecule has 128 valence electrons. The summed E-state index contributed by atoms with van der Waals surface area (Å²) in [6.45, 7) is 10.9. The van der Waals surface area contributed by atoms with Gasteiger partial charge in [-0.05, 0) is 25.0 Å². The molecule has 1 amide bonds. The Morgan fingerprint density at radius 2 is 2.30 bits per heavy atom. The van der Waals surface area contributed by atoms with Crippen LogP contribution in [-0.4, -0.2) is 55.4 Å². The maximum absolute atomic E-state index is 12.0. The first-order chi connectivity index (χ1) is 11.0. The summed E-state index contributed by atoms with van der Waals surface area (Å²) >= 11 is 1.57. The Bertz CT molecular complexity index is 508. The second-order valence-corrected chi connectivity index (χ2v) is 7.60. The summed E-state index contributed by atoms with van der Waals surface area (Å²) in [6, 6.07) is 8.23. The highest BCUT2D eigenvalue weighted by atomic mass is 32.2. The number of nitrogens with one attached hydrogen (secondary N) is 1. The van der Waals surface area contributed by atoms with Crippen LogP contribution in [0.2, 0.25) is 0 Å². The van der Waals surface area contributed by atoms with E-state index in [2.05, 4.69) is 43.1 Å². The topological polar surface area (TPSA) is 41.6 Å². The minimum atomic E-state index is 0.0705. The zero-order valence-corrected chi connectivity index (χ0v) is 15.2.